The minimum Gasteiger partial charge on any atom is -0.479 e. The van der Waals surface area contributed by atoms with E-state index in [-0.39, 0.29) is 22.5 Å². The molecule has 0 bridgehead atoms. The molecule has 0 spiro atoms. The van der Waals surface area contributed by atoms with Crippen molar-refractivity contribution >= 4 is 15.7 Å². The zero-order valence-corrected chi connectivity index (χ0v) is 15.3. The summed E-state index contributed by atoms with van der Waals surface area (Å²) >= 11 is 0. The van der Waals surface area contributed by atoms with Gasteiger partial charge < -0.3 is 14.0 Å². The van der Waals surface area contributed by atoms with Gasteiger partial charge in [-0.1, -0.05) is 6.92 Å². The van der Waals surface area contributed by atoms with Gasteiger partial charge in [0.1, 0.15) is 11.5 Å². The lowest BCUT2D eigenvalue weighted by Crippen LogP contribution is -2.18. The molecule has 2 aromatic heterocycles. The monoisotopic (exact) mass is 406 g/mol. The normalized spacial score (nSPS) is 16.4. The summed E-state index contributed by atoms with van der Waals surface area (Å²) in [6.45, 7) is 1.38. The standard InChI is InChI=1S/C15H17F3N4O4S/c1-8-3-4-22-12(6-19-13(8)22)27(23,24)21-10-5-9(16)14(20-15(10)25-2)26-7-11(17)18/h5-6,8,11,21H,3-4,7H2,1-2H3. The highest BCUT2D eigenvalue weighted by Gasteiger charge is 2.30. The van der Waals surface area contributed by atoms with E-state index >= 15 is 0 Å². The smallest absolute Gasteiger partial charge is 0.279 e. The zero-order chi connectivity index (χ0) is 19.8. The number of alkyl halides is 2. The highest BCUT2D eigenvalue weighted by molar-refractivity contribution is 7.92. The second-order valence-electron chi connectivity index (χ2n) is 5.94. The molecular weight excluding hydrogens is 389 g/mol. The van der Waals surface area contributed by atoms with Crippen molar-refractivity contribution in [2.45, 2.75) is 37.3 Å². The maximum absolute atomic E-state index is 14.1. The summed E-state index contributed by atoms with van der Waals surface area (Å²) in [5.74, 6) is -1.36. The van der Waals surface area contributed by atoms with Crippen LogP contribution in [-0.4, -0.2) is 43.1 Å². The van der Waals surface area contributed by atoms with Crippen LogP contribution in [0.4, 0.5) is 18.9 Å². The van der Waals surface area contributed by atoms with Gasteiger partial charge in [0.05, 0.1) is 13.3 Å². The average Bonchev–Trinajstić information content (AvgIpc) is 3.17. The van der Waals surface area contributed by atoms with Crippen molar-refractivity contribution in [3.8, 4) is 11.8 Å². The fourth-order valence-corrected chi connectivity index (χ4v) is 3.99. The minimum atomic E-state index is -4.10. The Balaban J connectivity index is 1.90. The molecule has 1 aliphatic heterocycles. The summed E-state index contributed by atoms with van der Waals surface area (Å²) in [4.78, 5) is 7.74. The summed E-state index contributed by atoms with van der Waals surface area (Å²) in [6, 6.07) is 0.758. The molecule has 3 rings (SSSR count). The highest BCUT2D eigenvalue weighted by atomic mass is 32.2. The number of hydrogen-bond donors (Lipinski definition) is 1. The molecular formula is C15H17F3N4O4S. The number of methoxy groups -OCH3 is 1. The largest absolute Gasteiger partial charge is 0.479 e. The van der Waals surface area contributed by atoms with Crippen molar-refractivity contribution in [2.75, 3.05) is 18.4 Å². The summed E-state index contributed by atoms with van der Waals surface area (Å²) in [5.41, 5.74) is -0.291. The number of anilines is 1. The summed E-state index contributed by atoms with van der Waals surface area (Å²) in [5, 5.41) is -0.0673. The molecule has 148 valence electrons. The number of rotatable bonds is 7. The van der Waals surface area contributed by atoms with Crippen LogP contribution in [0.2, 0.25) is 0 Å². The number of nitrogens with one attached hydrogen (secondary N) is 1. The quantitative estimate of drug-likeness (QED) is 0.759. The number of hydrogen-bond acceptors (Lipinski definition) is 6. The lowest BCUT2D eigenvalue weighted by atomic mass is 10.1. The maximum atomic E-state index is 14.1. The van der Waals surface area contributed by atoms with Crippen LogP contribution in [-0.2, 0) is 16.6 Å². The molecule has 0 fully saturated rings. The van der Waals surface area contributed by atoms with Crippen LogP contribution in [0.5, 0.6) is 11.8 Å². The molecule has 0 amide bonds. The van der Waals surface area contributed by atoms with Crippen molar-refractivity contribution in [2.24, 2.45) is 0 Å². The fourth-order valence-electron chi connectivity index (χ4n) is 2.78. The van der Waals surface area contributed by atoms with E-state index in [1.165, 1.54) is 13.3 Å². The van der Waals surface area contributed by atoms with E-state index in [9.17, 15) is 21.6 Å². The molecule has 2 aromatic rings. The van der Waals surface area contributed by atoms with E-state index in [0.717, 1.165) is 12.5 Å². The third-order valence-electron chi connectivity index (χ3n) is 4.04. The predicted octanol–water partition coefficient (Wildman–Crippen LogP) is 2.38. The first-order chi connectivity index (χ1) is 12.7. The van der Waals surface area contributed by atoms with Gasteiger partial charge in [-0.25, -0.2) is 18.2 Å². The third-order valence-corrected chi connectivity index (χ3v) is 5.41. The number of sulfonamides is 1. The first-order valence-electron chi connectivity index (χ1n) is 7.96. The second-order valence-corrected chi connectivity index (χ2v) is 7.57. The molecule has 0 saturated heterocycles. The number of fused-ring (bicyclic) bond motifs is 1. The van der Waals surface area contributed by atoms with Gasteiger partial charge in [0, 0.05) is 18.5 Å². The van der Waals surface area contributed by atoms with Crippen molar-refractivity contribution in [3.63, 3.8) is 0 Å². The molecule has 1 aliphatic rings. The van der Waals surface area contributed by atoms with Crippen LogP contribution in [0, 0.1) is 5.82 Å². The first kappa shape index (κ1) is 19.3. The third kappa shape index (κ3) is 3.80. The average molecular weight is 406 g/mol. The molecule has 0 aromatic carbocycles. The van der Waals surface area contributed by atoms with Gasteiger partial charge in [-0.05, 0) is 6.42 Å². The lowest BCUT2D eigenvalue weighted by Gasteiger charge is -2.14. The summed E-state index contributed by atoms with van der Waals surface area (Å²) < 4.78 is 77.2. The van der Waals surface area contributed by atoms with E-state index in [1.807, 2.05) is 6.92 Å². The van der Waals surface area contributed by atoms with Crippen LogP contribution >= 0.6 is 0 Å². The van der Waals surface area contributed by atoms with Crippen molar-refractivity contribution in [1.82, 2.24) is 14.5 Å². The van der Waals surface area contributed by atoms with Crippen LogP contribution < -0.4 is 14.2 Å². The number of aromatic nitrogens is 3. The van der Waals surface area contributed by atoms with Gasteiger partial charge in [-0.2, -0.15) is 13.4 Å². The number of ether oxygens (including phenoxy) is 2. The highest BCUT2D eigenvalue weighted by Crippen LogP contribution is 2.33. The fraction of sp³-hybridized carbons (Fsp3) is 0.467. The topological polar surface area (TPSA) is 95.3 Å². The molecule has 8 nitrogen and oxygen atoms in total. The van der Waals surface area contributed by atoms with Gasteiger partial charge in [0.2, 0.25) is 5.88 Å². The second kappa shape index (κ2) is 7.25. The number of imidazole rings is 1. The number of nitrogens with zero attached hydrogens (tertiary/aromatic N) is 3. The lowest BCUT2D eigenvalue weighted by molar-refractivity contribution is 0.0770. The Morgan fingerprint density at radius 1 is 1.41 bits per heavy atom. The molecule has 3 heterocycles. The molecule has 1 atom stereocenters. The Hall–Kier alpha value is -2.50. The number of halogens is 3. The van der Waals surface area contributed by atoms with E-state index in [0.29, 0.717) is 12.4 Å². The molecule has 27 heavy (non-hydrogen) atoms. The Morgan fingerprint density at radius 2 is 2.15 bits per heavy atom. The number of pyridine rings is 1. The van der Waals surface area contributed by atoms with Crippen LogP contribution in [0.3, 0.4) is 0 Å². The molecule has 12 heteroatoms. The summed E-state index contributed by atoms with van der Waals surface area (Å²) in [7, 11) is -2.93. The van der Waals surface area contributed by atoms with E-state index in [1.54, 1.807) is 4.57 Å². The van der Waals surface area contributed by atoms with E-state index < -0.39 is 34.8 Å². The van der Waals surface area contributed by atoms with Crippen LogP contribution in [0.25, 0.3) is 0 Å². The minimum absolute atomic E-state index is 0.0673. The Bertz CT molecular complexity index is 949. The van der Waals surface area contributed by atoms with Crippen LogP contribution in [0.15, 0.2) is 17.3 Å². The summed E-state index contributed by atoms with van der Waals surface area (Å²) in [6.07, 6.45) is -0.827. The Labute approximate surface area is 153 Å². The van der Waals surface area contributed by atoms with E-state index in [2.05, 4.69) is 19.4 Å². The van der Waals surface area contributed by atoms with Gasteiger partial charge in [0.25, 0.3) is 22.3 Å². The zero-order valence-electron chi connectivity index (χ0n) is 14.4. The van der Waals surface area contributed by atoms with Crippen molar-refractivity contribution < 1.29 is 31.1 Å². The van der Waals surface area contributed by atoms with Crippen LogP contribution in [0.1, 0.15) is 25.1 Å². The predicted molar refractivity (Wildman–Crippen MR) is 88.3 cm³/mol. The first-order valence-corrected chi connectivity index (χ1v) is 9.45. The Morgan fingerprint density at radius 3 is 2.81 bits per heavy atom. The van der Waals surface area contributed by atoms with Gasteiger partial charge in [-0.15, -0.1) is 0 Å². The molecule has 1 N–H and O–H groups in total. The van der Waals surface area contributed by atoms with Crippen molar-refractivity contribution in [1.29, 1.82) is 0 Å². The van der Waals surface area contributed by atoms with Gasteiger partial charge in [-0.3, -0.25) is 4.72 Å². The van der Waals surface area contributed by atoms with E-state index in [4.69, 9.17) is 4.74 Å². The molecule has 0 saturated carbocycles. The molecule has 0 radical (unpaired) electrons. The van der Waals surface area contributed by atoms with Gasteiger partial charge >= 0.3 is 0 Å². The molecule has 1 unspecified atom stereocenters. The molecule has 0 aliphatic carbocycles. The Kier molecular flexibility index (Phi) is 5.18. The SMILES string of the molecule is COc1nc(OCC(F)F)c(F)cc1NS(=O)(=O)c1cnc2n1CCC2C. The van der Waals surface area contributed by atoms with Gasteiger partial charge in [0.15, 0.2) is 17.5 Å². The maximum Gasteiger partial charge on any atom is 0.279 e. The van der Waals surface area contributed by atoms with Crippen molar-refractivity contribution in [3.05, 3.63) is 23.9 Å².